The molecule has 2 fully saturated rings. The maximum Gasteiger partial charge on any atom is 0.408 e. The van der Waals surface area contributed by atoms with Gasteiger partial charge in [0.2, 0.25) is 0 Å². The van der Waals surface area contributed by atoms with Gasteiger partial charge < -0.3 is 29.6 Å². The number of alkyl carbamates (subject to hydrolysis) is 2. The summed E-state index contributed by atoms with van der Waals surface area (Å²) in [5.74, 6) is 0. The van der Waals surface area contributed by atoms with Crippen molar-refractivity contribution >= 4 is 12.2 Å². The van der Waals surface area contributed by atoms with E-state index in [9.17, 15) is 9.59 Å². The summed E-state index contributed by atoms with van der Waals surface area (Å²) in [6.07, 6.45) is -1.66. The Balaban J connectivity index is 1.85. The molecule has 8 heteroatoms. The number of nitrogens with one attached hydrogen (secondary N) is 2. The van der Waals surface area contributed by atoms with Gasteiger partial charge in [0.25, 0.3) is 0 Å². The van der Waals surface area contributed by atoms with Gasteiger partial charge in [0.15, 0.2) is 0 Å². The zero-order chi connectivity index (χ0) is 18.1. The Labute approximate surface area is 142 Å². The number of ether oxygens (including phenoxy) is 4. The van der Waals surface area contributed by atoms with Gasteiger partial charge in [-0.1, -0.05) is 0 Å². The maximum atomic E-state index is 11.9. The average molecular weight is 344 g/mol. The monoisotopic (exact) mass is 344 g/mol. The highest BCUT2D eigenvalue weighted by Gasteiger charge is 2.49. The molecular formula is C16H28N2O6. The first kappa shape index (κ1) is 18.8. The summed E-state index contributed by atoms with van der Waals surface area (Å²) >= 11 is 0. The van der Waals surface area contributed by atoms with Crippen LogP contribution in [-0.2, 0) is 18.9 Å². The lowest BCUT2D eigenvalue weighted by molar-refractivity contribution is 0.0401. The lowest BCUT2D eigenvalue weighted by atomic mass is 10.1. The lowest BCUT2D eigenvalue weighted by Crippen LogP contribution is -2.48. The number of carbonyl (C=O) groups excluding carboxylic acids is 2. The van der Waals surface area contributed by atoms with Crippen LogP contribution in [0, 0.1) is 0 Å². The maximum absolute atomic E-state index is 11.9. The summed E-state index contributed by atoms with van der Waals surface area (Å²) in [6.45, 7) is 11.4. The minimum absolute atomic E-state index is 0.307. The average Bonchev–Trinajstić information content (AvgIpc) is 2.89. The molecule has 24 heavy (non-hydrogen) atoms. The van der Waals surface area contributed by atoms with Gasteiger partial charge in [0.05, 0.1) is 25.3 Å². The van der Waals surface area contributed by atoms with E-state index in [2.05, 4.69) is 10.6 Å². The molecule has 2 N–H and O–H groups in total. The Kier molecular flexibility index (Phi) is 5.29. The van der Waals surface area contributed by atoms with Crippen molar-refractivity contribution in [3.05, 3.63) is 0 Å². The van der Waals surface area contributed by atoms with E-state index in [4.69, 9.17) is 18.9 Å². The second-order valence-electron chi connectivity index (χ2n) is 8.10. The number of amides is 2. The van der Waals surface area contributed by atoms with Gasteiger partial charge in [-0.2, -0.15) is 0 Å². The fourth-order valence-electron chi connectivity index (χ4n) is 2.66. The standard InChI is InChI=1S/C16H28N2O6/c1-15(2,3)23-13(19)17-9-7-21-12-10(8-22-11(9)12)18-14(20)24-16(4,5)6/h9-12H,7-8H2,1-6H3,(H,17,19)(H,18,20)/t9-,10-,11+,12+/m0/s1. The van der Waals surface area contributed by atoms with Crippen LogP contribution in [0.15, 0.2) is 0 Å². The van der Waals surface area contributed by atoms with Crippen LogP contribution in [0.2, 0.25) is 0 Å². The summed E-state index contributed by atoms with van der Waals surface area (Å²) in [7, 11) is 0. The second-order valence-corrected chi connectivity index (χ2v) is 8.10. The first-order valence-corrected chi connectivity index (χ1v) is 8.17. The summed E-state index contributed by atoms with van der Waals surface area (Å²) in [5.41, 5.74) is -1.14. The Bertz CT molecular complexity index is 438. The Hall–Kier alpha value is -1.54. The normalized spacial score (nSPS) is 29.8. The summed E-state index contributed by atoms with van der Waals surface area (Å²) in [4.78, 5) is 23.8. The zero-order valence-corrected chi connectivity index (χ0v) is 15.2. The van der Waals surface area contributed by atoms with Crippen LogP contribution in [0.4, 0.5) is 9.59 Å². The Morgan fingerprint density at radius 2 is 1.12 bits per heavy atom. The predicted octanol–water partition coefficient (Wildman–Crippen LogP) is 1.57. The van der Waals surface area contributed by atoms with Crippen LogP contribution in [0.1, 0.15) is 41.5 Å². The van der Waals surface area contributed by atoms with Crippen LogP contribution in [-0.4, -0.2) is 60.9 Å². The van der Waals surface area contributed by atoms with Crippen molar-refractivity contribution in [2.75, 3.05) is 13.2 Å². The van der Waals surface area contributed by atoms with Crippen molar-refractivity contribution < 1.29 is 28.5 Å². The van der Waals surface area contributed by atoms with Crippen molar-refractivity contribution in [1.29, 1.82) is 0 Å². The van der Waals surface area contributed by atoms with Crippen molar-refractivity contribution in [1.82, 2.24) is 10.6 Å². The van der Waals surface area contributed by atoms with Gasteiger partial charge in [-0.25, -0.2) is 9.59 Å². The summed E-state index contributed by atoms with van der Waals surface area (Å²) in [6, 6.07) is -0.620. The van der Waals surface area contributed by atoms with Gasteiger partial charge in [0, 0.05) is 0 Å². The lowest BCUT2D eigenvalue weighted by Gasteiger charge is -2.23. The van der Waals surface area contributed by atoms with Crippen molar-refractivity contribution in [2.24, 2.45) is 0 Å². The van der Waals surface area contributed by atoms with E-state index < -0.39 is 23.4 Å². The molecule has 0 aromatic rings. The molecule has 0 radical (unpaired) electrons. The molecule has 2 heterocycles. The minimum atomic E-state index is -0.569. The highest BCUT2D eigenvalue weighted by molar-refractivity contribution is 5.69. The number of fused-ring (bicyclic) bond motifs is 1. The smallest absolute Gasteiger partial charge is 0.408 e. The van der Waals surface area contributed by atoms with Crippen LogP contribution in [0.25, 0.3) is 0 Å². The molecule has 2 amide bonds. The molecule has 0 saturated carbocycles. The van der Waals surface area contributed by atoms with Gasteiger partial charge in [-0.15, -0.1) is 0 Å². The minimum Gasteiger partial charge on any atom is -0.444 e. The van der Waals surface area contributed by atoms with Crippen molar-refractivity contribution in [3.63, 3.8) is 0 Å². The number of carbonyl (C=O) groups is 2. The third kappa shape index (κ3) is 5.24. The van der Waals surface area contributed by atoms with E-state index in [0.29, 0.717) is 13.2 Å². The van der Waals surface area contributed by atoms with Gasteiger partial charge in [-0.3, -0.25) is 0 Å². The van der Waals surface area contributed by atoms with Crippen LogP contribution >= 0.6 is 0 Å². The first-order chi connectivity index (χ1) is 10.9. The largest absolute Gasteiger partial charge is 0.444 e. The molecule has 0 aromatic heterocycles. The molecule has 8 nitrogen and oxygen atoms in total. The topological polar surface area (TPSA) is 95.1 Å². The van der Waals surface area contributed by atoms with E-state index >= 15 is 0 Å². The van der Waals surface area contributed by atoms with E-state index in [1.165, 1.54) is 0 Å². The third-order valence-corrected chi connectivity index (χ3v) is 3.46. The Morgan fingerprint density at radius 1 is 0.792 bits per heavy atom. The van der Waals surface area contributed by atoms with Crippen LogP contribution in [0.5, 0.6) is 0 Å². The SMILES string of the molecule is CC(C)(C)OC(=O)N[C@H]1CO[C@H]2[C@@H]1OC[C@@H]2NC(=O)OC(C)(C)C. The van der Waals surface area contributed by atoms with E-state index in [0.717, 1.165) is 0 Å². The van der Waals surface area contributed by atoms with Crippen LogP contribution < -0.4 is 10.6 Å². The Morgan fingerprint density at radius 3 is 1.42 bits per heavy atom. The number of hydrogen-bond acceptors (Lipinski definition) is 6. The van der Waals surface area contributed by atoms with Gasteiger partial charge in [0.1, 0.15) is 23.4 Å². The first-order valence-electron chi connectivity index (χ1n) is 8.17. The fourth-order valence-corrected chi connectivity index (χ4v) is 2.66. The predicted molar refractivity (Wildman–Crippen MR) is 85.8 cm³/mol. The number of rotatable bonds is 2. The molecule has 2 rings (SSSR count). The van der Waals surface area contributed by atoms with Crippen molar-refractivity contribution in [3.8, 4) is 0 Å². The fraction of sp³-hybridized carbons (Fsp3) is 0.875. The van der Waals surface area contributed by atoms with Crippen molar-refractivity contribution in [2.45, 2.75) is 77.0 Å². The molecule has 4 atom stereocenters. The highest BCUT2D eigenvalue weighted by atomic mass is 16.6. The van der Waals surface area contributed by atoms with E-state index in [1.54, 1.807) is 41.5 Å². The summed E-state index contributed by atoms with van der Waals surface area (Å²) < 4.78 is 21.9. The molecule has 0 bridgehead atoms. The molecule has 0 aromatic carbocycles. The molecule has 0 aliphatic carbocycles. The van der Waals surface area contributed by atoms with Gasteiger partial charge in [-0.05, 0) is 41.5 Å². The number of hydrogen-bond donors (Lipinski definition) is 2. The zero-order valence-electron chi connectivity index (χ0n) is 15.2. The van der Waals surface area contributed by atoms with Crippen LogP contribution in [0.3, 0.4) is 0 Å². The third-order valence-electron chi connectivity index (χ3n) is 3.46. The quantitative estimate of drug-likeness (QED) is 0.789. The molecule has 0 spiro atoms. The molecule has 2 saturated heterocycles. The molecular weight excluding hydrogens is 316 g/mol. The second kappa shape index (κ2) is 6.76. The molecule has 2 aliphatic rings. The molecule has 2 aliphatic heterocycles. The van der Waals surface area contributed by atoms with E-state index in [1.807, 2.05) is 0 Å². The summed E-state index contributed by atoms with van der Waals surface area (Å²) in [5, 5.41) is 5.53. The molecule has 0 unspecified atom stereocenters. The van der Waals surface area contributed by atoms with Gasteiger partial charge >= 0.3 is 12.2 Å². The van der Waals surface area contributed by atoms with E-state index in [-0.39, 0.29) is 24.3 Å². The highest BCUT2D eigenvalue weighted by Crippen LogP contribution is 2.27. The molecule has 138 valence electrons.